The minimum Gasteiger partial charge on any atom is -0.452 e. The molecule has 0 unspecified atom stereocenters. The Kier molecular flexibility index (Phi) is 1.66. The molecule has 1 aromatic carbocycles. The van der Waals surface area contributed by atoms with Gasteiger partial charge in [-0.1, -0.05) is 0 Å². The van der Waals surface area contributed by atoms with Crippen LogP contribution in [-0.2, 0) is 0 Å². The monoisotopic (exact) mass is 225 g/mol. The molecular weight excluding hydrogens is 222 g/mol. The van der Waals surface area contributed by atoms with Gasteiger partial charge in [0.25, 0.3) is 0 Å². The van der Waals surface area contributed by atoms with Crippen LogP contribution in [0.25, 0.3) is 0 Å². The van der Waals surface area contributed by atoms with Crippen molar-refractivity contribution in [1.29, 1.82) is 5.26 Å². The predicted molar refractivity (Wildman–Crippen MR) is 45.0 cm³/mol. The first-order valence-corrected chi connectivity index (χ1v) is 4.10. The molecule has 0 spiro atoms. The molecule has 0 saturated heterocycles. The first-order valence-electron chi connectivity index (χ1n) is 3.31. The van der Waals surface area contributed by atoms with Crippen molar-refractivity contribution in [2.24, 2.45) is 0 Å². The fourth-order valence-corrected chi connectivity index (χ4v) is 1.48. The Morgan fingerprint density at radius 3 is 2.83 bits per heavy atom. The van der Waals surface area contributed by atoms with Crippen molar-refractivity contribution in [2.45, 2.75) is 0 Å². The van der Waals surface area contributed by atoms with Gasteiger partial charge in [0.15, 0.2) is 11.5 Å². The maximum Gasteiger partial charge on any atom is 0.231 e. The Balaban J connectivity index is 2.66. The van der Waals surface area contributed by atoms with Crippen LogP contribution in [0.4, 0.5) is 0 Å². The topological polar surface area (TPSA) is 42.2 Å². The SMILES string of the molecule is N#Cc1ccc(Br)c2c1OCO2. The van der Waals surface area contributed by atoms with Crippen LogP contribution < -0.4 is 9.47 Å². The molecule has 0 amide bonds. The Morgan fingerprint density at radius 2 is 2.08 bits per heavy atom. The van der Waals surface area contributed by atoms with Gasteiger partial charge in [0.05, 0.1) is 10.0 Å². The molecule has 0 saturated carbocycles. The zero-order valence-electron chi connectivity index (χ0n) is 6.00. The van der Waals surface area contributed by atoms with Gasteiger partial charge in [-0.25, -0.2) is 0 Å². The summed E-state index contributed by atoms with van der Waals surface area (Å²) < 4.78 is 11.1. The zero-order valence-corrected chi connectivity index (χ0v) is 7.59. The lowest BCUT2D eigenvalue weighted by Crippen LogP contribution is -1.93. The molecule has 3 nitrogen and oxygen atoms in total. The van der Waals surface area contributed by atoms with Crippen LogP contribution in [0.2, 0.25) is 0 Å². The largest absolute Gasteiger partial charge is 0.452 e. The number of nitriles is 1. The van der Waals surface area contributed by atoms with Gasteiger partial charge >= 0.3 is 0 Å². The molecule has 0 bridgehead atoms. The molecule has 0 radical (unpaired) electrons. The molecule has 0 fully saturated rings. The molecule has 4 heteroatoms. The normalized spacial score (nSPS) is 12.7. The Hall–Kier alpha value is -1.21. The van der Waals surface area contributed by atoms with Crippen molar-refractivity contribution in [3.05, 3.63) is 22.2 Å². The number of halogens is 1. The van der Waals surface area contributed by atoms with E-state index in [2.05, 4.69) is 15.9 Å². The second-order valence-electron chi connectivity index (χ2n) is 2.27. The van der Waals surface area contributed by atoms with Gasteiger partial charge in [-0.3, -0.25) is 0 Å². The van der Waals surface area contributed by atoms with Crippen LogP contribution in [0.5, 0.6) is 11.5 Å². The first-order chi connectivity index (χ1) is 5.83. The summed E-state index contributed by atoms with van der Waals surface area (Å²) >= 11 is 3.30. The molecule has 0 aliphatic carbocycles. The molecule has 1 aliphatic heterocycles. The lowest BCUT2D eigenvalue weighted by atomic mass is 10.2. The lowest BCUT2D eigenvalue weighted by molar-refractivity contribution is 0.173. The number of rotatable bonds is 0. The summed E-state index contributed by atoms with van der Waals surface area (Å²) in [6, 6.07) is 5.49. The van der Waals surface area contributed by atoms with Gasteiger partial charge in [0, 0.05) is 0 Å². The van der Waals surface area contributed by atoms with E-state index >= 15 is 0 Å². The van der Waals surface area contributed by atoms with Crippen LogP contribution in [0, 0.1) is 11.3 Å². The van der Waals surface area contributed by atoms with Gasteiger partial charge in [-0.15, -0.1) is 0 Å². The van der Waals surface area contributed by atoms with Crippen molar-refractivity contribution in [1.82, 2.24) is 0 Å². The summed E-state index contributed by atoms with van der Waals surface area (Å²) in [7, 11) is 0. The summed E-state index contributed by atoms with van der Waals surface area (Å²) in [5.41, 5.74) is 0.505. The van der Waals surface area contributed by atoms with Gasteiger partial charge in [0.2, 0.25) is 6.79 Å². The minimum atomic E-state index is 0.187. The molecule has 60 valence electrons. The number of hydrogen-bond donors (Lipinski definition) is 0. The van der Waals surface area contributed by atoms with Crippen LogP contribution in [0.1, 0.15) is 5.56 Å². The van der Waals surface area contributed by atoms with Gasteiger partial charge in [0.1, 0.15) is 6.07 Å². The highest BCUT2D eigenvalue weighted by atomic mass is 79.9. The molecule has 1 aliphatic rings. The Morgan fingerprint density at radius 1 is 1.33 bits per heavy atom. The second kappa shape index (κ2) is 2.68. The highest BCUT2D eigenvalue weighted by Gasteiger charge is 2.20. The molecule has 2 rings (SSSR count). The average Bonchev–Trinajstić information content (AvgIpc) is 2.54. The van der Waals surface area contributed by atoms with Crippen molar-refractivity contribution in [3.8, 4) is 17.6 Å². The van der Waals surface area contributed by atoms with Crippen LogP contribution in [0.3, 0.4) is 0 Å². The summed E-state index contributed by atoms with van der Waals surface area (Å²) in [6.45, 7) is 0.187. The molecular formula is C8H4BrNO2. The molecule has 1 aromatic rings. The highest BCUT2D eigenvalue weighted by molar-refractivity contribution is 9.10. The standard InChI is InChI=1S/C8H4BrNO2/c9-6-2-1-5(3-10)7-8(6)12-4-11-7/h1-2H,4H2. The third-order valence-electron chi connectivity index (χ3n) is 1.59. The quantitative estimate of drug-likeness (QED) is 0.679. The summed E-state index contributed by atoms with van der Waals surface area (Å²) in [5, 5.41) is 8.69. The first kappa shape index (κ1) is 7.44. The van der Waals surface area contributed by atoms with Crippen LogP contribution in [-0.4, -0.2) is 6.79 Å². The molecule has 0 aromatic heterocycles. The third kappa shape index (κ3) is 0.942. The Labute approximate surface area is 77.6 Å². The summed E-state index contributed by atoms with van der Waals surface area (Å²) in [5.74, 6) is 1.15. The lowest BCUT2D eigenvalue weighted by Gasteiger charge is -1.98. The summed E-state index contributed by atoms with van der Waals surface area (Å²) in [4.78, 5) is 0. The molecule has 0 N–H and O–H groups in total. The number of benzene rings is 1. The van der Waals surface area contributed by atoms with E-state index in [9.17, 15) is 0 Å². The second-order valence-corrected chi connectivity index (χ2v) is 3.13. The van der Waals surface area contributed by atoms with E-state index in [0.29, 0.717) is 17.1 Å². The van der Waals surface area contributed by atoms with E-state index in [1.807, 2.05) is 6.07 Å². The molecule has 12 heavy (non-hydrogen) atoms. The maximum absolute atomic E-state index is 8.69. The fraction of sp³-hybridized carbons (Fsp3) is 0.125. The highest BCUT2D eigenvalue weighted by Crippen LogP contribution is 2.41. The van der Waals surface area contributed by atoms with Crippen molar-refractivity contribution in [2.75, 3.05) is 6.79 Å². The van der Waals surface area contributed by atoms with Gasteiger partial charge < -0.3 is 9.47 Å². The third-order valence-corrected chi connectivity index (χ3v) is 2.22. The van der Waals surface area contributed by atoms with E-state index in [4.69, 9.17) is 14.7 Å². The number of fused-ring (bicyclic) bond motifs is 1. The molecule has 0 atom stereocenters. The average molecular weight is 226 g/mol. The van der Waals surface area contributed by atoms with Crippen LogP contribution in [0.15, 0.2) is 16.6 Å². The van der Waals surface area contributed by atoms with Crippen LogP contribution >= 0.6 is 15.9 Å². The zero-order chi connectivity index (χ0) is 8.55. The van der Waals surface area contributed by atoms with E-state index in [1.54, 1.807) is 12.1 Å². The van der Waals surface area contributed by atoms with E-state index in [0.717, 1.165) is 4.47 Å². The molecule has 1 heterocycles. The smallest absolute Gasteiger partial charge is 0.231 e. The number of hydrogen-bond acceptors (Lipinski definition) is 3. The van der Waals surface area contributed by atoms with Gasteiger partial charge in [-0.2, -0.15) is 5.26 Å². The fourth-order valence-electron chi connectivity index (χ4n) is 1.05. The van der Waals surface area contributed by atoms with Crippen molar-refractivity contribution in [3.63, 3.8) is 0 Å². The Bertz CT molecular complexity index is 370. The van der Waals surface area contributed by atoms with E-state index in [1.165, 1.54) is 0 Å². The van der Waals surface area contributed by atoms with E-state index < -0.39 is 0 Å². The number of ether oxygens (including phenoxy) is 2. The minimum absolute atomic E-state index is 0.187. The maximum atomic E-state index is 8.69. The summed E-state index contributed by atoms with van der Waals surface area (Å²) in [6.07, 6.45) is 0. The van der Waals surface area contributed by atoms with E-state index in [-0.39, 0.29) is 6.79 Å². The number of nitrogens with zero attached hydrogens (tertiary/aromatic N) is 1. The van der Waals surface area contributed by atoms with Gasteiger partial charge in [-0.05, 0) is 28.1 Å². The predicted octanol–water partition coefficient (Wildman–Crippen LogP) is 2.05. The van der Waals surface area contributed by atoms with Crippen molar-refractivity contribution >= 4 is 15.9 Å². The van der Waals surface area contributed by atoms with Crippen molar-refractivity contribution < 1.29 is 9.47 Å².